The van der Waals surface area contributed by atoms with E-state index in [0.29, 0.717) is 30.1 Å². The van der Waals surface area contributed by atoms with Crippen LogP contribution in [0.4, 0.5) is 0 Å². The maximum absolute atomic E-state index is 6.05. The lowest BCUT2D eigenvalue weighted by Crippen LogP contribution is -2.43. The summed E-state index contributed by atoms with van der Waals surface area (Å²) in [5, 5.41) is 8.27. The van der Waals surface area contributed by atoms with Crippen molar-refractivity contribution in [2.75, 3.05) is 6.54 Å². The third-order valence-electron chi connectivity index (χ3n) is 5.07. The Morgan fingerprint density at radius 1 is 1.29 bits per heavy atom. The van der Waals surface area contributed by atoms with Gasteiger partial charge < -0.3 is 10.1 Å². The molecule has 1 aromatic heterocycles. The summed E-state index contributed by atoms with van der Waals surface area (Å²) in [6.45, 7) is 12.1. The normalized spacial score (nSPS) is 30.8. The number of aromatic nitrogens is 2. The number of hydrogen-bond acceptors (Lipinski definition) is 3. The van der Waals surface area contributed by atoms with Gasteiger partial charge in [0.05, 0.1) is 17.9 Å². The van der Waals surface area contributed by atoms with Crippen molar-refractivity contribution in [3.05, 3.63) is 17.5 Å². The monoisotopic (exact) mass is 293 g/mol. The first-order valence-electron chi connectivity index (χ1n) is 8.38. The first kappa shape index (κ1) is 16.5. The number of rotatable bonds is 6. The van der Waals surface area contributed by atoms with Crippen LogP contribution in [0.5, 0.6) is 0 Å². The van der Waals surface area contributed by atoms with Gasteiger partial charge in [0.2, 0.25) is 0 Å². The van der Waals surface area contributed by atoms with Crippen LogP contribution in [-0.2, 0) is 24.6 Å². The Morgan fingerprint density at radius 2 is 2.00 bits per heavy atom. The lowest BCUT2D eigenvalue weighted by molar-refractivity contribution is 0.0476. The Hall–Kier alpha value is -0.870. The predicted octanol–water partition coefficient (Wildman–Crippen LogP) is 2.56. The van der Waals surface area contributed by atoms with Gasteiger partial charge in [0.25, 0.3) is 0 Å². The van der Waals surface area contributed by atoms with E-state index in [1.165, 1.54) is 11.4 Å². The van der Waals surface area contributed by atoms with Crippen LogP contribution in [0, 0.1) is 11.8 Å². The van der Waals surface area contributed by atoms with E-state index in [2.05, 4.69) is 58.1 Å². The molecule has 0 aromatic carbocycles. The molecular weight excluding hydrogens is 262 g/mol. The molecule has 120 valence electrons. The minimum atomic E-state index is 0.318. The minimum Gasteiger partial charge on any atom is -0.375 e. The smallest absolute Gasteiger partial charge is 0.0624 e. The summed E-state index contributed by atoms with van der Waals surface area (Å²) in [5.41, 5.74) is 2.50. The van der Waals surface area contributed by atoms with Crippen molar-refractivity contribution in [1.29, 1.82) is 0 Å². The Balaban J connectivity index is 2.17. The first-order valence-corrected chi connectivity index (χ1v) is 8.38. The van der Waals surface area contributed by atoms with Crippen LogP contribution in [0.1, 0.15) is 46.0 Å². The molecule has 5 atom stereocenters. The lowest BCUT2D eigenvalue weighted by atomic mass is 9.81. The van der Waals surface area contributed by atoms with Crippen LogP contribution in [0.2, 0.25) is 0 Å². The summed E-state index contributed by atoms with van der Waals surface area (Å²) in [7, 11) is 2.05. The molecular formula is C17H31N3O. The highest BCUT2D eigenvalue weighted by Gasteiger charge is 2.41. The molecule has 0 amide bonds. The van der Waals surface area contributed by atoms with Crippen LogP contribution in [0.3, 0.4) is 0 Å². The Bertz CT molecular complexity index is 457. The fourth-order valence-electron chi connectivity index (χ4n) is 3.75. The average molecular weight is 293 g/mol. The molecule has 1 saturated heterocycles. The fourth-order valence-corrected chi connectivity index (χ4v) is 3.75. The third-order valence-corrected chi connectivity index (χ3v) is 5.07. The summed E-state index contributed by atoms with van der Waals surface area (Å²) in [5.74, 6) is 1.14. The number of ether oxygens (including phenoxy) is 1. The van der Waals surface area contributed by atoms with Gasteiger partial charge in [0.1, 0.15) is 0 Å². The van der Waals surface area contributed by atoms with Gasteiger partial charge in [-0.25, -0.2) is 0 Å². The highest BCUT2D eigenvalue weighted by atomic mass is 16.5. The van der Waals surface area contributed by atoms with Gasteiger partial charge in [0.15, 0.2) is 0 Å². The van der Waals surface area contributed by atoms with E-state index >= 15 is 0 Å². The van der Waals surface area contributed by atoms with Crippen LogP contribution < -0.4 is 5.32 Å². The molecule has 0 aliphatic carbocycles. The topological polar surface area (TPSA) is 39.1 Å². The fraction of sp³-hybridized carbons (Fsp3) is 0.824. The molecule has 0 bridgehead atoms. The number of nitrogens with one attached hydrogen (secondary N) is 1. The number of nitrogens with zero attached hydrogens (tertiary/aromatic N) is 2. The van der Waals surface area contributed by atoms with Gasteiger partial charge in [-0.05, 0) is 38.8 Å². The van der Waals surface area contributed by atoms with E-state index in [1.54, 1.807) is 0 Å². The van der Waals surface area contributed by atoms with Crippen LogP contribution in [-0.4, -0.2) is 34.6 Å². The Kier molecular flexibility index (Phi) is 5.44. The molecule has 1 aromatic rings. The standard InChI is InChI=1S/C17H31N3O/c1-7-14-9-15(20(6)19-14)10-16(18-8-2)17-11(3)12(4)21-13(17)5/h9,11-13,16-18H,7-8,10H2,1-6H3. The number of aryl methyl sites for hydroxylation is 2. The zero-order chi connectivity index (χ0) is 15.6. The summed E-state index contributed by atoms with van der Waals surface area (Å²) >= 11 is 0. The molecule has 0 radical (unpaired) electrons. The molecule has 0 spiro atoms. The highest BCUT2D eigenvalue weighted by Crippen LogP contribution is 2.35. The van der Waals surface area contributed by atoms with Crippen LogP contribution in [0.25, 0.3) is 0 Å². The van der Waals surface area contributed by atoms with Crippen molar-refractivity contribution in [3.8, 4) is 0 Å². The minimum absolute atomic E-state index is 0.318. The van der Waals surface area contributed by atoms with Crippen molar-refractivity contribution in [2.24, 2.45) is 18.9 Å². The molecule has 4 heteroatoms. The predicted molar refractivity (Wildman–Crippen MR) is 86.4 cm³/mol. The molecule has 1 N–H and O–H groups in total. The maximum atomic E-state index is 6.05. The van der Waals surface area contributed by atoms with Crippen LogP contribution in [0.15, 0.2) is 6.07 Å². The summed E-state index contributed by atoms with van der Waals surface area (Å²) in [6, 6.07) is 2.70. The number of hydrogen-bond donors (Lipinski definition) is 1. The van der Waals surface area contributed by atoms with Crippen molar-refractivity contribution in [1.82, 2.24) is 15.1 Å². The molecule has 1 aliphatic heterocycles. The Labute approximate surface area is 129 Å². The van der Waals surface area contributed by atoms with Gasteiger partial charge in [-0.15, -0.1) is 0 Å². The second-order valence-corrected chi connectivity index (χ2v) is 6.46. The SMILES string of the molecule is CCNC(Cc1cc(CC)nn1C)C1C(C)OC(C)C1C. The van der Waals surface area contributed by atoms with E-state index < -0.39 is 0 Å². The van der Waals surface area contributed by atoms with E-state index in [1.807, 2.05) is 4.68 Å². The molecule has 0 saturated carbocycles. The molecule has 2 heterocycles. The largest absolute Gasteiger partial charge is 0.375 e. The van der Waals surface area contributed by atoms with Crippen molar-refractivity contribution in [3.63, 3.8) is 0 Å². The molecule has 1 fully saturated rings. The first-order chi connectivity index (χ1) is 9.97. The quantitative estimate of drug-likeness (QED) is 0.876. The van der Waals surface area contributed by atoms with Crippen molar-refractivity contribution >= 4 is 0 Å². The summed E-state index contributed by atoms with van der Waals surface area (Å²) in [6.07, 6.45) is 2.69. The van der Waals surface area contributed by atoms with E-state index in [0.717, 1.165) is 19.4 Å². The Morgan fingerprint density at radius 3 is 2.48 bits per heavy atom. The van der Waals surface area contributed by atoms with Gasteiger partial charge in [-0.2, -0.15) is 5.10 Å². The molecule has 5 unspecified atom stereocenters. The summed E-state index contributed by atoms with van der Waals surface area (Å²) in [4.78, 5) is 0. The third kappa shape index (κ3) is 3.49. The number of likely N-dealkylation sites (N-methyl/N-ethyl adjacent to an activating group) is 1. The van der Waals surface area contributed by atoms with Crippen LogP contribution >= 0.6 is 0 Å². The maximum Gasteiger partial charge on any atom is 0.0624 e. The average Bonchev–Trinajstić information content (AvgIpc) is 2.90. The van der Waals surface area contributed by atoms with Gasteiger partial charge in [0, 0.05) is 31.1 Å². The second-order valence-electron chi connectivity index (χ2n) is 6.46. The van der Waals surface area contributed by atoms with Crippen molar-refractivity contribution in [2.45, 2.75) is 65.7 Å². The highest BCUT2D eigenvalue weighted by molar-refractivity contribution is 5.12. The zero-order valence-electron chi connectivity index (χ0n) is 14.4. The zero-order valence-corrected chi connectivity index (χ0v) is 14.4. The van der Waals surface area contributed by atoms with Gasteiger partial charge in [-0.3, -0.25) is 4.68 Å². The summed E-state index contributed by atoms with van der Waals surface area (Å²) < 4.78 is 8.08. The van der Waals surface area contributed by atoms with E-state index in [9.17, 15) is 0 Å². The molecule has 2 rings (SSSR count). The second kappa shape index (κ2) is 6.93. The van der Waals surface area contributed by atoms with E-state index in [4.69, 9.17) is 4.74 Å². The molecule has 1 aliphatic rings. The molecule has 21 heavy (non-hydrogen) atoms. The van der Waals surface area contributed by atoms with Crippen molar-refractivity contribution < 1.29 is 4.74 Å². The molecule has 4 nitrogen and oxygen atoms in total. The van der Waals surface area contributed by atoms with Gasteiger partial charge in [-0.1, -0.05) is 20.8 Å². The van der Waals surface area contributed by atoms with Gasteiger partial charge >= 0.3 is 0 Å². The lowest BCUT2D eigenvalue weighted by Gasteiger charge is -2.29. The van der Waals surface area contributed by atoms with E-state index in [-0.39, 0.29) is 0 Å².